The van der Waals surface area contributed by atoms with Crippen molar-refractivity contribution in [2.24, 2.45) is 0 Å². The highest BCUT2D eigenvalue weighted by atomic mass is 35.5. The fourth-order valence-corrected chi connectivity index (χ4v) is 5.02. The van der Waals surface area contributed by atoms with E-state index < -0.39 is 0 Å². The zero-order chi connectivity index (χ0) is 26.6. The van der Waals surface area contributed by atoms with Crippen LogP contribution in [-0.4, -0.2) is 73.2 Å². The first-order valence-corrected chi connectivity index (χ1v) is 12.7. The fourth-order valence-electron chi connectivity index (χ4n) is 4.85. The number of pyridine rings is 2. The Hall–Kier alpha value is -3.59. The summed E-state index contributed by atoms with van der Waals surface area (Å²) in [5.74, 6) is 1.83. The number of carbonyl (C=O) groups excluding carboxylic acids is 1. The molecule has 4 aromatic rings. The number of ether oxygens (including phenoxy) is 3. The highest BCUT2D eigenvalue weighted by Gasteiger charge is 2.26. The van der Waals surface area contributed by atoms with Gasteiger partial charge < -0.3 is 31.5 Å². The van der Waals surface area contributed by atoms with Crippen LogP contribution in [0.25, 0.3) is 22.2 Å². The van der Waals surface area contributed by atoms with Gasteiger partial charge in [0.15, 0.2) is 11.5 Å². The van der Waals surface area contributed by atoms with Crippen molar-refractivity contribution < 1.29 is 31.4 Å². The number of rotatable bonds is 7. The Kier molecular flexibility index (Phi) is 9.12. The highest BCUT2D eigenvalue weighted by Crippen LogP contribution is 2.40. The van der Waals surface area contributed by atoms with Gasteiger partial charge in [0.2, 0.25) is 5.75 Å². The summed E-state index contributed by atoms with van der Waals surface area (Å²) < 4.78 is 16.6. The van der Waals surface area contributed by atoms with Crippen LogP contribution in [0.5, 0.6) is 17.2 Å². The van der Waals surface area contributed by atoms with Gasteiger partial charge in [0.25, 0.3) is 5.91 Å². The van der Waals surface area contributed by atoms with Crippen molar-refractivity contribution >= 4 is 28.4 Å². The molecule has 39 heavy (non-hydrogen) atoms. The Morgan fingerprint density at radius 3 is 2.38 bits per heavy atom. The number of carbonyl (C=O) groups is 1. The van der Waals surface area contributed by atoms with Gasteiger partial charge in [0.1, 0.15) is 0 Å². The number of amides is 1. The first-order valence-electron chi connectivity index (χ1n) is 12.3. The minimum atomic E-state index is -0.0341. The lowest BCUT2D eigenvalue weighted by Gasteiger charge is -2.35. The molecule has 0 atom stereocenters. The van der Waals surface area contributed by atoms with Gasteiger partial charge in [-0.05, 0) is 42.5 Å². The van der Waals surface area contributed by atoms with Gasteiger partial charge in [-0.3, -0.25) is 14.7 Å². The number of piperazine rings is 1. The first-order chi connectivity index (χ1) is 18.5. The molecule has 1 aliphatic rings. The van der Waals surface area contributed by atoms with Crippen molar-refractivity contribution in [2.45, 2.75) is 6.54 Å². The third-order valence-electron chi connectivity index (χ3n) is 6.80. The third kappa shape index (κ3) is 5.88. The lowest BCUT2D eigenvalue weighted by Crippen LogP contribution is -3.00. The molecular formula is C29H29Cl2N4O4-. The second kappa shape index (κ2) is 12.5. The van der Waals surface area contributed by atoms with Gasteiger partial charge in [-0.1, -0.05) is 17.7 Å². The van der Waals surface area contributed by atoms with E-state index in [1.807, 2.05) is 47.4 Å². The van der Waals surface area contributed by atoms with Gasteiger partial charge in [-0.25, -0.2) is 4.98 Å². The molecule has 204 valence electrons. The number of fused-ring (bicyclic) bond motifs is 1. The standard InChI is InChI=1S/C29H29ClN4O4.ClH/c1-36-26-9-6-20(27(37-2)28(26)38-3)18-33-11-13-34(14-12-33)29(35)23-16-25(19-5-4-10-31-17-19)32-24-8-7-21(30)15-22(23)24;/h4-10,15-17H,11-14,18H2,1-3H3;1H/p-1. The Bertz CT molecular complexity index is 1460. The van der Waals surface area contributed by atoms with Gasteiger partial charge in [0.05, 0.1) is 38.1 Å². The maximum atomic E-state index is 13.8. The van der Waals surface area contributed by atoms with Crippen molar-refractivity contribution in [3.05, 3.63) is 77.1 Å². The first kappa shape index (κ1) is 28.4. The smallest absolute Gasteiger partial charge is 0.254 e. The largest absolute Gasteiger partial charge is 1.00 e. The molecule has 0 N–H and O–H groups in total. The number of aromatic nitrogens is 2. The second-order valence-corrected chi connectivity index (χ2v) is 9.46. The molecule has 0 bridgehead atoms. The minimum absolute atomic E-state index is 0. The number of hydrogen-bond donors (Lipinski definition) is 0. The summed E-state index contributed by atoms with van der Waals surface area (Å²) in [5, 5.41) is 1.31. The number of hydrogen-bond acceptors (Lipinski definition) is 7. The van der Waals surface area contributed by atoms with E-state index >= 15 is 0 Å². The topological polar surface area (TPSA) is 77.0 Å². The van der Waals surface area contributed by atoms with E-state index in [4.69, 9.17) is 30.8 Å². The maximum absolute atomic E-state index is 13.8. The fraction of sp³-hybridized carbons (Fsp3) is 0.276. The molecule has 1 aliphatic heterocycles. The lowest BCUT2D eigenvalue weighted by molar-refractivity contribution is -0.0000191. The van der Waals surface area contributed by atoms with Crippen molar-refractivity contribution in [2.75, 3.05) is 47.5 Å². The maximum Gasteiger partial charge on any atom is 0.254 e. The molecule has 0 radical (unpaired) electrons. The van der Waals surface area contributed by atoms with E-state index in [0.717, 1.165) is 35.1 Å². The van der Waals surface area contributed by atoms with E-state index in [2.05, 4.69) is 9.88 Å². The molecule has 1 amide bonds. The Morgan fingerprint density at radius 1 is 0.949 bits per heavy atom. The molecule has 1 saturated heterocycles. The zero-order valence-corrected chi connectivity index (χ0v) is 23.5. The predicted molar refractivity (Wildman–Crippen MR) is 147 cm³/mol. The number of benzene rings is 2. The molecule has 0 aliphatic carbocycles. The summed E-state index contributed by atoms with van der Waals surface area (Å²) in [5.41, 5.74) is 3.87. The van der Waals surface area contributed by atoms with Crippen LogP contribution < -0.4 is 26.6 Å². The monoisotopic (exact) mass is 567 g/mol. The van der Waals surface area contributed by atoms with Gasteiger partial charge >= 0.3 is 0 Å². The van der Waals surface area contributed by atoms with Gasteiger partial charge in [-0.2, -0.15) is 0 Å². The van der Waals surface area contributed by atoms with Crippen LogP contribution in [0.2, 0.25) is 5.02 Å². The summed E-state index contributed by atoms with van der Waals surface area (Å²) in [6, 6.07) is 15.0. The summed E-state index contributed by atoms with van der Waals surface area (Å²) in [4.78, 5) is 27.0. The molecule has 2 aromatic heterocycles. The van der Waals surface area contributed by atoms with Gasteiger partial charge in [0, 0.05) is 66.7 Å². The molecule has 3 heterocycles. The molecule has 8 nitrogen and oxygen atoms in total. The van der Waals surface area contributed by atoms with Crippen LogP contribution in [-0.2, 0) is 6.54 Å². The molecule has 0 saturated carbocycles. The van der Waals surface area contributed by atoms with Crippen LogP contribution in [0.1, 0.15) is 15.9 Å². The normalized spacial score (nSPS) is 13.6. The summed E-state index contributed by atoms with van der Waals surface area (Å²) in [6.45, 7) is 3.32. The summed E-state index contributed by atoms with van der Waals surface area (Å²) >= 11 is 6.30. The van der Waals surface area contributed by atoms with Crippen LogP contribution in [0.4, 0.5) is 0 Å². The molecule has 0 unspecified atom stereocenters. The van der Waals surface area contributed by atoms with Crippen molar-refractivity contribution in [1.82, 2.24) is 19.8 Å². The van der Waals surface area contributed by atoms with Crippen LogP contribution >= 0.6 is 11.6 Å². The number of methoxy groups -OCH3 is 3. The van der Waals surface area contributed by atoms with Crippen LogP contribution in [0.3, 0.4) is 0 Å². The van der Waals surface area contributed by atoms with E-state index in [1.165, 1.54) is 0 Å². The van der Waals surface area contributed by atoms with E-state index in [0.29, 0.717) is 53.2 Å². The summed E-state index contributed by atoms with van der Waals surface area (Å²) in [7, 11) is 4.83. The molecule has 10 heteroatoms. The highest BCUT2D eigenvalue weighted by molar-refractivity contribution is 6.31. The molecule has 2 aromatic carbocycles. The summed E-state index contributed by atoms with van der Waals surface area (Å²) in [6.07, 6.45) is 3.47. The van der Waals surface area contributed by atoms with Gasteiger partial charge in [-0.15, -0.1) is 0 Å². The average molecular weight is 568 g/mol. The van der Waals surface area contributed by atoms with Crippen molar-refractivity contribution in [3.8, 4) is 28.5 Å². The number of halogens is 2. The van der Waals surface area contributed by atoms with Crippen molar-refractivity contribution in [1.29, 1.82) is 0 Å². The lowest BCUT2D eigenvalue weighted by atomic mass is 10.0. The predicted octanol–water partition coefficient (Wildman–Crippen LogP) is 1.94. The van der Waals surface area contributed by atoms with Crippen LogP contribution in [0, 0.1) is 0 Å². The second-order valence-electron chi connectivity index (χ2n) is 9.02. The Morgan fingerprint density at radius 2 is 1.72 bits per heavy atom. The number of nitrogens with zero attached hydrogens (tertiary/aromatic N) is 4. The SMILES string of the molecule is COc1ccc(CN2CCN(C(=O)c3cc(-c4cccnc4)nc4ccc(Cl)cc34)CC2)c(OC)c1OC.[Cl-]. The Labute approximate surface area is 238 Å². The van der Waals surface area contributed by atoms with Crippen molar-refractivity contribution in [3.63, 3.8) is 0 Å². The molecular weight excluding hydrogens is 539 g/mol. The molecule has 0 spiro atoms. The minimum Gasteiger partial charge on any atom is -1.00 e. The Balaban J connectivity index is 0.00000353. The molecule has 1 fully saturated rings. The van der Waals surface area contributed by atoms with E-state index in [-0.39, 0.29) is 18.3 Å². The molecule has 5 rings (SSSR count). The quantitative estimate of drug-likeness (QED) is 0.338. The zero-order valence-electron chi connectivity index (χ0n) is 22.0. The average Bonchev–Trinajstić information content (AvgIpc) is 2.96. The van der Waals surface area contributed by atoms with Crippen LogP contribution in [0.15, 0.2) is 60.9 Å². The van der Waals surface area contributed by atoms with E-state index in [1.54, 1.807) is 39.8 Å². The third-order valence-corrected chi connectivity index (χ3v) is 7.03. The van der Waals surface area contributed by atoms with E-state index in [9.17, 15) is 4.79 Å².